The number of halogens is 1. The number of carbonyl (C=O) groups excluding carboxylic acids is 1. The van der Waals surface area contributed by atoms with E-state index in [4.69, 9.17) is 5.11 Å². The average Bonchev–Trinajstić information content (AvgIpc) is 2.41. The van der Waals surface area contributed by atoms with E-state index in [9.17, 15) is 9.18 Å². The second-order valence-corrected chi connectivity index (χ2v) is 4.31. The Kier molecular flexibility index (Phi) is 4.55. The van der Waals surface area contributed by atoms with Crippen molar-refractivity contribution in [1.82, 2.24) is 5.32 Å². The van der Waals surface area contributed by atoms with Gasteiger partial charge in [-0.15, -0.1) is 0 Å². The third kappa shape index (κ3) is 4.28. The summed E-state index contributed by atoms with van der Waals surface area (Å²) in [5.74, 6) is -0.141. The maximum Gasteiger partial charge on any atom is 0.319 e. The van der Waals surface area contributed by atoms with Crippen molar-refractivity contribution in [3.8, 4) is 5.75 Å². The Balaban J connectivity index is 1.76. The van der Waals surface area contributed by atoms with Crippen molar-refractivity contribution in [2.75, 3.05) is 11.9 Å². The van der Waals surface area contributed by atoms with Crippen LogP contribution in [0.25, 0.3) is 0 Å². The van der Waals surface area contributed by atoms with Crippen molar-refractivity contribution in [1.29, 1.82) is 0 Å². The van der Waals surface area contributed by atoms with Crippen molar-refractivity contribution in [2.45, 2.75) is 6.42 Å². The zero-order valence-electron chi connectivity index (χ0n) is 10.8. The van der Waals surface area contributed by atoms with Gasteiger partial charge in [0, 0.05) is 12.2 Å². The van der Waals surface area contributed by atoms with Crippen LogP contribution in [0.1, 0.15) is 5.56 Å². The summed E-state index contributed by atoms with van der Waals surface area (Å²) >= 11 is 0. The van der Waals surface area contributed by atoms with Crippen molar-refractivity contribution < 1.29 is 14.3 Å². The van der Waals surface area contributed by atoms with Crippen LogP contribution in [-0.2, 0) is 6.42 Å². The van der Waals surface area contributed by atoms with E-state index in [1.807, 2.05) is 6.07 Å². The van der Waals surface area contributed by atoms with Crippen LogP contribution < -0.4 is 10.6 Å². The Morgan fingerprint density at radius 3 is 2.60 bits per heavy atom. The van der Waals surface area contributed by atoms with Crippen LogP contribution in [0, 0.1) is 5.82 Å². The number of hydrogen-bond donors (Lipinski definition) is 3. The molecule has 0 aliphatic heterocycles. The molecule has 0 saturated heterocycles. The summed E-state index contributed by atoms with van der Waals surface area (Å²) in [6.07, 6.45) is 0.556. The Morgan fingerprint density at radius 1 is 1.15 bits per heavy atom. The minimum Gasteiger partial charge on any atom is -0.508 e. The van der Waals surface area contributed by atoms with Crippen molar-refractivity contribution in [2.24, 2.45) is 0 Å². The Bertz CT molecular complexity index is 585. The van der Waals surface area contributed by atoms with Gasteiger partial charge in [-0.05, 0) is 48.4 Å². The number of rotatable bonds is 4. The minimum absolute atomic E-state index is 0.141. The fourth-order valence-electron chi connectivity index (χ4n) is 1.73. The monoisotopic (exact) mass is 274 g/mol. The highest BCUT2D eigenvalue weighted by Gasteiger charge is 2.01. The fraction of sp³-hybridized carbons (Fsp3) is 0.133. The van der Waals surface area contributed by atoms with E-state index < -0.39 is 0 Å². The van der Waals surface area contributed by atoms with E-state index in [-0.39, 0.29) is 17.6 Å². The maximum absolute atomic E-state index is 13.0. The summed E-state index contributed by atoms with van der Waals surface area (Å²) in [4.78, 5) is 11.6. The molecule has 2 aromatic rings. The Labute approximate surface area is 116 Å². The molecule has 3 N–H and O–H groups in total. The summed E-state index contributed by atoms with van der Waals surface area (Å²) in [5.41, 5.74) is 1.42. The molecule has 2 rings (SSSR count). The van der Waals surface area contributed by atoms with Crippen LogP contribution in [0.15, 0.2) is 48.5 Å². The first-order chi connectivity index (χ1) is 9.63. The molecule has 0 radical (unpaired) electrons. The highest BCUT2D eigenvalue weighted by molar-refractivity contribution is 5.89. The molecule has 0 saturated carbocycles. The van der Waals surface area contributed by atoms with E-state index in [1.54, 1.807) is 18.2 Å². The quantitative estimate of drug-likeness (QED) is 0.751. The lowest BCUT2D eigenvalue weighted by Crippen LogP contribution is -2.30. The zero-order valence-corrected chi connectivity index (χ0v) is 10.8. The number of aromatic hydroxyl groups is 1. The molecule has 4 nitrogen and oxygen atoms in total. The number of hydrogen-bond acceptors (Lipinski definition) is 2. The molecule has 2 aromatic carbocycles. The normalized spacial score (nSPS) is 10.1. The molecular formula is C15H15FN2O2. The summed E-state index contributed by atoms with van der Waals surface area (Å²) in [5, 5.41) is 14.4. The van der Waals surface area contributed by atoms with Gasteiger partial charge >= 0.3 is 6.03 Å². The van der Waals surface area contributed by atoms with E-state index in [0.29, 0.717) is 18.7 Å². The van der Waals surface area contributed by atoms with Gasteiger partial charge in [-0.25, -0.2) is 9.18 Å². The topological polar surface area (TPSA) is 61.4 Å². The lowest BCUT2D eigenvalue weighted by atomic mass is 10.1. The number of phenols is 1. The van der Waals surface area contributed by atoms with Gasteiger partial charge in [0.25, 0.3) is 0 Å². The van der Waals surface area contributed by atoms with E-state index in [1.165, 1.54) is 24.3 Å². The number of amides is 2. The summed E-state index contributed by atoms with van der Waals surface area (Å²) in [7, 11) is 0. The van der Waals surface area contributed by atoms with E-state index in [2.05, 4.69) is 10.6 Å². The fourth-order valence-corrected chi connectivity index (χ4v) is 1.73. The number of urea groups is 1. The van der Waals surface area contributed by atoms with Crippen LogP contribution in [0.5, 0.6) is 5.75 Å². The molecule has 5 heteroatoms. The van der Waals surface area contributed by atoms with Gasteiger partial charge in [-0.3, -0.25) is 0 Å². The first-order valence-electron chi connectivity index (χ1n) is 6.22. The van der Waals surface area contributed by atoms with Crippen molar-refractivity contribution in [3.63, 3.8) is 0 Å². The molecule has 0 spiro atoms. The maximum atomic E-state index is 13.0. The van der Waals surface area contributed by atoms with Crippen molar-refractivity contribution >= 4 is 11.7 Å². The van der Waals surface area contributed by atoms with Gasteiger partial charge < -0.3 is 15.7 Å². The van der Waals surface area contributed by atoms with Crippen LogP contribution in [0.3, 0.4) is 0 Å². The number of nitrogens with one attached hydrogen (secondary N) is 2. The first kappa shape index (κ1) is 13.9. The molecule has 0 aliphatic carbocycles. The molecular weight excluding hydrogens is 259 g/mol. The molecule has 0 fully saturated rings. The lowest BCUT2D eigenvalue weighted by molar-refractivity contribution is 0.252. The SMILES string of the molecule is O=C(NCCc1cccc(F)c1)Nc1ccc(O)cc1. The number of carbonyl (C=O) groups is 1. The van der Waals surface area contributed by atoms with Crippen LogP contribution in [-0.4, -0.2) is 17.7 Å². The molecule has 0 bridgehead atoms. The van der Waals surface area contributed by atoms with Crippen LogP contribution >= 0.6 is 0 Å². The standard InChI is InChI=1S/C15H15FN2O2/c16-12-3-1-2-11(10-12)8-9-17-15(20)18-13-4-6-14(19)7-5-13/h1-7,10,19H,8-9H2,(H2,17,18,20). The molecule has 104 valence electrons. The third-order valence-electron chi connectivity index (χ3n) is 2.71. The molecule has 0 atom stereocenters. The first-order valence-corrected chi connectivity index (χ1v) is 6.22. The predicted octanol–water partition coefficient (Wildman–Crippen LogP) is 2.90. The predicted molar refractivity (Wildman–Crippen MR) is 75.2 cm³/mol. The molecule has 0 heterocycles. The summed E-state index contributed by atoms with van der Waals surface area (Å²) in [6.45, 7) is 0.410. The Morgan fingerprint density at radius 2 is 1.90 bits per heavy atom. The zero-order chi connectivity index (χ0) is 14.4. The average molecular weight is 274 g/mol. The smallest absolute Gasteiger partial charge is 0.319 e. The molecule has 0 aromatic heterocycles. The van der Waals surface area contributed by atoms with Gasteiger partial charge in [0.1, 0.15) is 11.6 Å². The second-order valence-electron chi connectivity index (χ2n) is 4.31. The largest absolute Gasteiger partial charge is 0.508 e. The molecule has 20 heavy (non-hydrogen) atoms. The number of anilines is 1. The van der Waals surface area contributed by atoms with E-state index >= 15 is 0 Å². The van der Waals surface area contributed by atoms with Crippen LogP contribution in [0.4, 0.5) is 14.9 Å². The summed E-state index contributed by atoms with van der Waals surface area (Å²) in [6, 6.07) is 12.1. The molecule has 2 amide bonds. The van der Waals surface area contributed by atoms with Gasteiger partial charge in [-0.2, -0.15) is 0 Å². The summed E-state index contributed by atoms with van der Waals surface area (Å²) < 4.78 is 13.0. The van der Waals surface area contributed by atoms with Crippen molar-refractivity contribution in [3.05, 3.63) is 59.9 Å². The lowest BCUT2D eigenvalue weighted by Gasteiger charge is -2.07. The van der Waals surface area contributed by atoms with Gasteiger partial charge in [0.05, 0.1) is 0 Å². The van der Waals surface area contributed by atoms with Gasteiger partial charge in [-0.1, -0.05) is 12.1 Å². The highest BCUT2D eigenvalue weighted by Crippen LogP contribution is 2.13. The number of phenolic OH excluding ortho intramolecular Hbond substituents is 1. The third-order valence-corrected chi connectivity index (χ3v) is 2.71. The van der Waals surface area contributed by atoms with Gasteiger partial charge in [0.15, 0.2) is 0 Å². The Hall–Kier alpha value is -2.56. The molecule has 0 aliphatic rings. The van der Waals surface area contributed by atoms with Crippen LogP contribution in [0.2, 0.25) is 0 Å². The minimum atomic E-state index is -0.341. The molecule has 0 unspecified atom stereocenters. The second kappa shape index (κ2) is 6.56. The highest BCUT2D eigenvalue weighted by atomic mass is 19.1. The number of benzene rings is 2. The van der Waals surface area contributed by atoms with E-state index in [0.717, 1.165) is 5.56 Å². The van der Waals surface area contributed by atoms with Gasteiger partial charge in [0.2, 0.25) is 0 Å².